The van der Waals surface area contributed by atoms with Gasteiger partial charge in [-0.1, -0.05) is 29.5 Å². The maximum atomic E-state index is 12.0. The molecule has 2 aromatic rings. The molecular weight excluding hydrogens is 350 g/mol. The van der Waals surface area contributed by atoms with Gasteiger partial charge >= 0.3 is 0 Å². The minimum atomic E-state index is -3.58. The third-order valence-corrected chi connectivity index (χ3v) is 4.92. The lowest BCUT2D eigenvalue weighted by Crippen LogP contribution is -2.15. The van der Waals surface area contributed by atoms with Crippen LogP contribution in [0.3, 0.4) is 0 Å². The Hall–Kier alpha value is -1.43. The number of halogens is 1. The van der Waals surface area contributed by atoms with Crippen molar-refractivity contribution in [2.24, 2.45) is 0 Å². The fourth-order valence-electron chi connectivity index (χ4n) is 1.43. The summed E-state index contributed by atoms with van der Waals surface area (Å²) < 4.78 is 27.1. The molecule has 1 aromatic heterocycles. The molecule has 8 heteroatoms. The number of nitrogens with zero attached hydrogens (tertiary/aromatic N) is 2. The Labute approximate surface area is 123 Å². The van der Waals surface area contributed by atoms with Crippen LogP contribution in [0.25, 0.3) is 0 Å². The smallest absolute Gasteiger partial charge is 0.238 e. The number of thiazole rings is 1. The molecule has 5 nitrogen and oxygen atoms in total. The van der Waals surface area contributed by atoms with E-state index >= 15 is 0 Å². The van der Waals surface area contributed by atoms with Crippen molar-refractivity contribution in [2.75, 3.05) is 4.72 Å². The first-order chi connectivity index (χ1) is 9.00. The van der Waals surface area contributed by atoms with Gasteiger partial charge in [-0.15, -0.1) is 0 Å². The predicted octanol–water partition coefficient (Wildman–Crippen LogP) is 2.72. The number of anilines is 1. The largest absolute Gasteiger partial charge is 0.258 e. The first kappa shape index (κ1) is 14.0. The zero-order valence-corrected chi connectivity index (χ0v) is 12.7. The molecule has 0 spiro atoms. The first-order valence-corrected chi connectivity index (χ1v) is 8.36. The van der Waals surface area contributed by atoms with Crippen molar-refractivity contribution in [2.45, 2.75) is 5.75 Å². The van der Waals surface area contributed by atoms with Crippen LogP contribution in [0.2, 0.25) is 0 Å². The molecule has 2 rings (SSSR count). The molecule has 0 saturated heterocycles. The molecule has 0 aliphatic rings. The number of rotatable bonds is 4. The van der Waals surface area contributed by atoms with E-state index < -0.39 is 10.0 Å². The molecule has 0 unspecified atom stereocenters. The average molecular weight is 358 g/mol. The molecule has 0 radical (unpaired) electrons. The quantitative estimate of drug-likeness (QED) is 0.911. The topological polar surface area (TPSA) is 82.8 Å². The monoisotopic (exact) mass is 357 g/mol. The third-order valence-electron chi connectivity index (χ3n) is 2.20. The number of nitriles is 1. The van der Waals surface area contributed by atoms with Gasteiger partial charge in [-0.3, -0.25) is 4.72 Å². The van der Waals surface area contributed by atoms with Gasteiger partial charge < -0.3 is 0 Å². The molecule has 1 N–H and O–H groups in total. The second-order valence-electron chi connectivity index (χ2n) is 3.60. The molecule has 19 heavy (non-hydrogen) atoms. The minimum Gasteiger partial charge on any atom is -0.258 e. The van der Waals surface area contributed by atoms with Gasteiger partial charge in [0.2, 0.25) is 10.0 Å². The predicted molar refractivity (Wildman–Crippen MR) is 77.2 cm³/mol. The fourth-order valence-corrected chi connectivity index (χ4v) is 3.99. The van der Waals surface area contributed by atoms with E-state index in [1.165, 1.54) is 17.5 Å². The molecule has 0 bridgehead atoms. The van der Waals surface area contributed by atoms with Crippen LogP contribution in [0.4, 0.5) is 5.13 Å². The Balaban J connectivity index is 2.20. The zero-order chi connectivity index (χ0) is 13.9. The van der Waals surface area contributed by atoms with Crippen LogP contribution in [-0.2, 0) is 15.8 Å². The molecule has 1 heterocycles. The molecule has 0 saturated carbocycles. The lowest BCUT2D eigenvalue weighted by atomic mass is 10.1. The van der Waals surface area contributed by atoms with Crippen molar-refractivity contribution in [1.82, 2.24) is 4.98 Å². The highest BCUT2D eigenvalue weighted by Crippen LogP contribution is 2.24. The highest BCUT2D eigenvalue weighted by Gasteiger charge is 2.15. The maximum Gasteiger partial charge on any atom is 0.238 e. The van der Waals surface area contributed by atoms with Crippen molar-refractivity contribution in [3.05, 3.63) is 45.4 Å². The van der Waals surface area contributed by atoms with Gasteiger partial charge in [0.15, 0.2) is 5.13 Å². The molecule has 0 fully saturated rings. The van der Waals surface area contributed by atoms with Gasteiger partial charge in [-0.25, -0.2) is 13.4 Å². The standard InChI is InChI=1S/C11H8BrN3O2S2/c12-10-6-14-11(18-10)15-19(16,17)7-9-4-2-1-3-8(9)5-13/h1-4,6H,7H2,(H,14,15). The number of hydrogen-bond donors (Lipinski definition) is 1. The Morgan fingerprint density at radius 1 is 1.42 bits per heavy atom. The van der Waals surface area contributed by atoms with Gasteiger partial charge in [-0.2, -0.15) is 5.26 Å². The Morgan fingerprint density at radius 3 is 2.79 bits per heavy atom. The maximum absolute atomic E-state index is 12.0. The lowest BCUT2D eigenvalue weighted by Gasteiger charge is -2.06. The first-order valence-electron chi connectivity index (χ1n) is 5.10. The zero-order valence-electron chi connectivity index (χ0n) is 9.50. The fraction of sp³-hybridized carbons (Fsp3) is 0.0909. The average Bonchev–Trinajstić information content (AvgIpc) is 2.74. The Bertz CT molecular complexity index is 734. The highest BCUT2D eigenvalue weighted by atomic mass is 79.9. The molecule has 0 aliphatic heterocycles. The molecule has 98 valence electrons. The third kappa shape index (κ3) is 3.76. The van der Waals surface area contributed by atoms with Gasteiger partial charge in [0.25, 0.3) is 0 Å². The van der Waals surface area contributed by atoms with Crippen LogP contribution in [0, 0.1) is 11.3 Å². The lowest BCUT2D eigenvalue weighted by molar-refractivity contribution is 0.600. The van der Waals surface area contributed by atoms with Crippen molar-refractivity contribution in [1.29, 1.82) is 5.26 Å². The van der Waals surface area contributed by atoms with Crippen LogP contribution in [0.1, 0.15) is 11.1 Å². The normalized spacial score (nSPS) is 10.9. The summed E-state index contributed by atoms with van der Waals surface area (Å²) in [5, 5.41) is 9.22. The van der Waals surface area contributed by atoms with Crippen LogP contribution in [0.15, 0.2) is 34.2 Å². The van der Waals surface area contributed by atoms with Gasteiger partial charge in [0.05, 0.1) is 27.4 Å². The van der Waals surface area contributed by atoms with Gasteiger partial charge in [0.1, 0.15) is 0 Å². The van der Waals surface area contributed by atoms with E-state index in [-0.39, 0.29) is 5.75 Å². The summed E-state index contributed by atoms with van der Waals surface area (Å²) in [6.07, 6.45) is 1.52. The van der Waals surface area contributed by atoms with E-state index in [0.29, 0.717) is 16.3 Å². The van der Waals surface area contributed by atoms with Crippen LogP contribution >= 0.6 is 27.3 Å². The molecule has 0 atom stereocenters. The number of hydrogen-bond acceptors (Lipinski definition) is 5. The molecular formula is C11H8BrN3O2S2. The SMILES string of the molecule is N#Cc1ccccc1CS(=O)(=O)Nc1ncc(Br)s1. The van der Waals surface area contributed by atoms with Gasteiger partial charge in [-0.05, 0) is 27.6 Å². The Morgan fingerprint density at radius 2 is 2.16 bits per heavy atom. The van der Waals surface area contributed by atoms with Gasteiger partial charge in [0, 0.05) is 0 Å². The summed E-state index contributed by atoms with van der Waals surface area (Å²) in [6, 6.07) is 8.58. The van der Waals surface area contributed by atoms with Crippen molar-refractivity contribution in [3.8, 4) is 6.07 Å². The van der Waals surface area contributed by atoms with E-state index in [9.17, 15) is 8.42 Å². The number of aromatic nitrogens is 1. The minimum absolute atomic E-state index is 0.256. The van der Waals surface area contributed by atoms with Crippen molar-refractivity contribution in [3.63, 3.8) is 0 Å². The molecule has 0 aliphatic carbocycles. The Kier molecular flexibility index (Phi) is 4.19. The van der Waals surface area contributed by atoms with E-state index in [2.05, 4.69) is 25.6 Å². The van der Waals surface area contributed by atoms with Crippen LogP contribution in [0.5, 0.6) is 0 Å². The molecule has 1 aromatic carbocycles. The van der Waals surface area contributed by atoms with Crippen LogP contribution in [-0.4, -0.2) is 13.4 Å². The summed E-state index contributed by atoms with van der Waals surface area (Å²) in [7, 11) is -3.58. The second-order valence-corrected chi connectivity index (χ2v) is 7.73. The summed E-state index contributed by atoms with van der Waals surface area (Å²) in [4.78, 5) is 3.90. The van der Waals surface area contributed by atoms with Crippen molar-refractivity contribution >= 4 is 42.4 Å². The number of benzene rings is 1. The highest BCUT2D eigenvalue weighted by molar-refractivity contribution is 9.11. The number of nitrogens with one attached hydrogen (secondary N) is 1. The van der Waals surface area contributed by atoms with Crippen molar-refractivity contribution < 1.29 is 8.42 Å². The van der Waals surface area contributed by atoms with Crippen LogP contribution < -0.4 is 4.72 Å². The summed E-state index contributed by atoms with van der Waals surface area (Å²) >= 11 is 4.39. The van der Waals surface area contributed by atoms with E-state index in [4.69, 9.17) is 5.26 Å². The molecule has 0 amide bonds. The van der Waals surface area contributed by atoms with E-state index in [1.54, 1.807) is 24.3 Å². The van der Waals surface area contributed by atoms with E-state index in [1.807, 2.05) is 6.07 Å². The summed E-state index contributed by atoms with van der Waals surface area (Å²) in [5.74, 6) is -0.256. The second kappa shape index (κ2) is 5.69. The summed E-state index contributed by atoms with van der Waals surface area (Å²) in [6.45, 7) is 0. The number of sulfonamides is 1. The summed E-state index contributed by atoms with van der Waals surface area (Å²) in [5.41, 5.74) is 0.821. The van der Waals surface area contributed by atoms with E-state index in [0.717, 1.165) is 3.79 Å².